The number of piperidine rings is 1. The van der Waals surface area contributed by atoms with Crippen LogP contribution in [0.3, 0.4) is 0 Å². The van der Waals surface area contributed by atoms with Crippen molar-refractivity contribution in [2.24, 2.45) is 0 Å². The summed E-state index contributed by atoms with van der Waals surface area (Å²) in [5, 5.41) is 4.39. The average molecular weight is 173 g/mol. The first-order chi connectivity index (χ1) is 5.38. The fourth-order valence-electron chi connectivity index (χ4n) is 1.60. The van der Waals surface area contributed by atoms with Crippen molar-refractivity contribution in [1.82, 2.24) is 5.32 Å². The highest BCUT2D eigenvalue weighted by Gasteiger charge is 2.33. The Balaban J connectivity index is 1.86. The van der Waals surface area contributed by atoms with E-state index in [9.17, 15) is 4.21 Å². The summed E-state index contributed by atoms with van der Waals surface area (Å²) in [6, 6.07) is 0. The van der Waals surface area contributed by atoms with E-state index in [-0.39, 0.29) is 0 Å². The van der Waals surface area contributed by atoms with Gasteiger partial charge in [0, 0.05) is 21.3 Å². The van der Waals surface area contributed by atoms with Gasteiger partial charge in [-0.05, 0) is 38.8 Å². The van der Waals surface area contributed by atoms with Gasteiger partial charge in [0.05, 0.1) is 0 Å². The van der Waals surface area contributed by atoms with Crippen LogP contribution >= 0.6 is 0 Å². The predicted octanol–water partition coefficient (Wildman–Crippen LogP) is 0.649. The van der Waals surface area contributed by atoms with Crippen LogP contribution in [0.15, 0.2) is 0 Å². The second-order valence-electron chi connectivity index (χ2n) is 3.48. The third-order valence-electron chi connectivity index (χ3n) is 2.47. The molecule has 64 valence electrons. The molecule has 1 heterocycles. The lowest BCUT2D eigenvalue weighted by Gasteiger charge is -2.21. The first kappa shape index (κ1) is 7.74. The number of hydrogen-bond donors (Lipinski definition) is 1. The minimum absolute atomic E-state index is 0.487. The molecule has 0 spiro atoms. The van der Waals surface area contributed by atoms with E-state index in [2.05, 4.69) is 5.32 Å². The zero-order valence-corrected chi connectivity index (χ0v) is 7.53. The van der Waals surface area contributed by atoms with Crippen LogP contribution in [-0.2, 0) is 10.8 Å². The van der Waals surface area contributed by atoms with Gasteiger partial charge in [-0.3, -0.25) is 4.21 Å². The summed E-state index contributed by atoms with van der Waals surface area (Å²) >= 11 is 0. The van der Waals surface area contributed by atoms with Crippen LogP contribution < -0.4 is 5.32 Å². The highest BCUT2D eigenvalue weighted by molar-refractivity contribution is 7.86. The zero-order valence-electron chi connectivity index (χ0n) is 6.71. The third kappa shape index (κ3) is 1.82. The lowest BCUT2D eigenvalue weighted by molar-refractivity contribution is 0.519. The molecule has 1 N–H and O–H groups in total. The standard InChI is InChI=1S/C8H15NOS/c10-11(7-1-2-7)8-3-5-9-6-4-8/h7-9H,1-6H2. The minimum atomic E-state index is -0.487. The summed E-state index contributed by atoms with van der Waals surface area (Å²) in [5.41, 5.74) is 0. The van der Waals surface area contributed by atoms with Crippen LogP contribution in [0.25, 0.3) is 0 Å². The summed E-state index contributed by atoms with van der Waals surface area (Å²) < 4.78 is 11.6. The Morgan fingerprint density at radius 1 is 1.00 bits per heavy atom. The van der Waals surface area contributed by atoms with Gasteiger partial charge in [0.2, 0.25) is 0 Å². The Kier molecular flexibility index (Phi) is 2.28. The fourth-order valence-corrected chi connectivity index (χ4v) is 3.45. The molecule has 11 heavy (non-hydrogen) atoms. The van der Waals surface area contributed by atoms with E-state index < -0.39 is 10.8 Å². The maximum absolute atomic E-state index is 11.6. The summed E-state index contributed by atoms with van der Waals surface area (Å²) in [5.74, 6) is 0. The highest BCUT2D eigenvalue weighted by atomic mass is 32.2. The van der Waals surface area contributed by atoms with E-state index in [1.54, 1.807) is 0 Å². The predicted molar refractivity (Wildman–Crippen MR) is 47.1 cm³/mol. The second kappa shape index (κ2) is 3.23. The van der Waals surface area contributed by atoms with Gasteiger partial charge in [-0.2, -0.15) is 0 Å². The molecule has 1 aliphatic heterocycles. The second-order valence-corrected chi connectivity index (χ2v) is 5.47. The molecule has 2 fully saturated rings. The Morgan fingerprint density at radius 2 is 1.55 bits per heavy atom. The van der Waals surface area contributed by atoms with Gasteiger partial charge in [0.25, 0.3) is 0 Å². The Bertz CT molecular complexity index is 161. The molecule has 1 saturated carbocycles. The van der Waals surface area contributed by atoms with Crippen LogP contribution in [0.1, 0.15) is 25.7 Å². The van der Waals surface area contributed by atoms with Crippen LogP contribution in [-0.4, -0.2) is 27.8 Å². The number of hydrogen-bond acceptors (Lipinski definition) is 2. The van der Waals surface area contributed by atoms with Crippen molar-refractivity contribution in [3.8, 4) is 0 Å². The average Bonchev–Trinajstić information content (AvgIpc) is 2.87. The van der Waals surface area contributed by atoms with Gasteiger partial charge < -0.3 is 5.32 Å². The molecule has 2 rings (SSSR count). The zero-order chi connectivity index (χ0) is 7.68. The normalized spacial score (nSPS) is 30.2. The Labute approximate surface area is 70.2 Å². The van der Waals surface area contributed by atoms with Gasteiger partial charge in [0.15, 0.2) is 0 Å². The molecular formula is C8H15NOS. The molecule has 1 atom stereocenters. The third-order valence-corrected chi connectivity index (χ3v) is 4.72. The van der Waals surface area contributed by atoms with E-state index in [4.69, 9.17) is 0 Å². The molecule has 1 unspecified atom stereocenters. The Hall–Kier alpha value is 0.110. The quantitative estimate of drug-likeness (QED) is 0.664. The minimum Gasteiger partial charge on any atom is -0.317 e. The van der Waals surface area contributed by atoms with Crippen molar-refractivity contribution in [1.29, 1.82) is 0 Å². The first-order valence-corrected chi connectivity index (χ1v) is 5.75. The van der Waals surface area contributed by atoms with Crippen molar-refractivity contribution in [2.75, 3.05) is 13.1 Å². The molecule has 0 aromatic heterocycles. The topological polar surface area (TPSA) is 29.1 Å². The van der Waals surface area contributed by atoms with Crippen molar-refractivity contribution in [3.63, 3.8) is 0 Å². The van der Waals surface area contributed by atoms with Crippen molar-refractivity contribution >= 4 is 10.8 Å². The van der Waals surface area contributed by atoms with Crippen LogP contribution in [0.2, 0.25) is 0 Å². The van der Waals surface area contributed by atoms with Gasteiger partial charge >= 0.3 is 0 Å². The summed E-state index contributed by atoms with van der Waals surface area (Å²) in [6.45, 7) is 2.15. The maximum Gasteiger partial charge on any atom is 0.0374 e. The largest absolute Gasteiger partial charge is 0.317 e. The van der Waals surface area contributed by atoms with Crippen LogP contribution in [0, 0.1) is 0 Å². The van der Waals surface area contributed by atoms with Gasteiger partial charge in [0.1, 0.15) is 0 Å². The van der Waals surface area contributed by atoms with E-state index in [1.165, 1.54) is 12.8 Å². The molecule has 1 saturated heterocycles. The molecule has 0 aromatic carbocycles. The SMILES string of the molecule is O=S(C1CCNCC1)C1CC1. The smallest absolute Gasteiger partial charge is 0.0374 e. The molecule has 1 aliphatic carbocycles. The molecule has 2 nitrogen and oxygen atoms in total. The van der Waals surface area contributed by atoms with Gasteiger partial charge in [-0.1, -0.05) is 0 Å². The molecular weight excluding hydrogens is 158 g/mol. The summed E-state index contributed by atoms with van der Waals surface area (Å²) in [6.07, 6.45) is 4.69. The van der Waals surface area contributed by atoms with E-state index >= 15 is 0 Å². The van der Waals surface area contributed by atoms with Crippen molar-refractivity contribution < 1.29 is 4.21 Å². The lowest BCUT2D eigenvalue weighted by Crippen LogP contribution is -2.34. The number of nitrogens with one attached hydrogen (secondary N) is 1. The van der Waals surface area contributed by atoms with Crippen LogP contribution in [0.5, 0.6) is 0 Å². The maximum atomic E-state index is 11.6. The van der Waals surface area contributed by atoms with Gasteiger partial charge in [-0.15, -0.1) is 0 Å². The highest BCUT2D eigenvalue weighted by Crippen LogP contribution is 2.30. The molecule has 0 radical (unpaired) electrons. The van der Waals surface area contributed by atoms with Crippen LogP contribution in [0.4, 0.5) is 0 Å². The molecule has 0 aromatic rings. The first-order valence-electron chi connectivity index (χ1n) is 4.48. The van der Waals surface area contributed by atoms with Crippen molar-refractivity contribution in [2.45, 2.75) is 36.2 Å². The molecule has 2 aliphatic rings. The Morgan fingerprint density at radius 3 is 2.09 bits per heavy atom. The van der Waals surface area contributed by atoms with E-state index in [0.717, 1.165) is 25.9 Å². The van der Waals surface area contributed by atoms with E-state index in [1.807, 2.05) is 0 Å². The molecule has 0 bridgehead atoms. The van der Waals surface area contributed by atoms with Crippen molar-refractivity contribution in [3.05, 3.63) is 0 Å². The summed E-state index contributed by atoms with van der Waals surface area (Å²) in [4.78, 5) is 0. The summed E-state index contributed by atoms with van der Waals surface area (Å²) in [7, 11) is -0.487. The van der Waals surface area contributed by atoms with Gasteiger partial charge in [-0.25, -0.2) is 0 Å². The van der Waals surface area contributed by atoms with E-state index in [0.29, 0.717) is 10.5 Å². The molecule has 3 heteroatoms. The fraction of sp³-hybridized carbons (Fsp3) is 1.00. The molecule has 0 amide bonds. The monoisotopic (exact) mass is 173 g/mol. The lowest BCUT2D eigenvalue weighted by atomic mass is 10.2. The number of rotatable bonds is 2.